The van der Waals surface area contributed by atoms with Crippen LogP contribution in [0.1, 0.15) is 48.2 Å². The average Bonchev–Trinajstić information content (AvgIpc) is 3.29. The molecule has 3 aliphatic rings. The number of phenols is 1. The monoisotopic (exact) mass is 458 g/mol. The minimum Gasteiger partial charge on any atom is -0.508 e. The average molecular weight is 459 g/mol. The van der Waals surface area contributed by atoms with Gasteiger partial charge in [-0.2, -0.15) is 0 Å². The summed E-state index contributed by atoms with van der Waals surface area (Å²) in [7, 11) is 0. The van der Waals surface area contributed by atoms with Gasteiger partial charge in [0.1, 0.15) is 29.2 Å². The van der Waals surface area contributed by atoms with Crippen LogP contribution in [0.4, 0.5) is 0 Å². The summed E-state index contributed by atoms with van der Waals surface area (Å²) in [5, 5.41) is 14.0. The molecular formula is C28H30N2O4. The lowest BCUT2D eigenvalue weighted by molar-refractivity contribution is 0.0202. The van der Waals surface area contributed by atoms with E-state index in [4.69, 9.17) is 9.57 Å². The number of benzene rings is 2. The number of oxime groups is 1. The molecule has 0 aromatic heterocycles. The van der Waals surface area contributed by atoms with Gasteiger partial charge < -0.3 is 14.7 Å². The van der Waals surface area contributed by atoms with Gasteiger partial charge in [-0.1, -0.05) is 42.4 Å². The highest BCUT2D eigenvalue weighted by Crippen LogP contribution is 2.38. The van der Waals surface area contributed by atoms with Crippen molar-refractivity contribution in [3.8, 4) is 11.5 Å². The van der Waals surface area contributed by atoms with E-state index < -0.39 is 12.0 Å². The number of Topliss-reactive ketones (excluding diaryl/α,β-unsaturated/α-hetero) is 1. The number of carbonyl (C=O) groups is 1. The summed E-state index contributed by atoms with van der Waals surface area (Å²) >= 11 is 0. The van der Waals surface area contributed by atoms with Crippen molar-refractivity contribution in [2.45, 2.75) is 38.4 Å². The molecule has 1 N–H and O–H groups in total. The largest absolute Gasteiger partial charge is 0.508 e. The highest BCUT2D eigenvalue weighted by atomic mass is 16.6. The van der Waals surface area contributed by atoms with E-state index in [1.165, 1.54) is 0 Å². The SMILES string of the molecule is CCCN1CC(Oc2ccc(C(=O)C3C(C4=CCCC=C4)=NO[C@@H]3c3ccc(O)cc3)cc2)C1. The Bertz CT molecular complexity index is 1110. The van der Waals surface area contributed by atoms with Gasteiger partial charge in [0.2, 0.25) is 0 Å². The van der Waals surface area contributed by atoms with E-state index in [0.717, 1.165) is 55.8 Å². The first-order chi connectivity index (χ1) is 16.6. The molecule has 2 aromatic carbocycles. The smallest absolute Gasteiger partial charge is 0.176 e. The van der Waals surface area contributed by atoms with Crippen LogP contribution in [0.3, 0.4) is 0 Å². The van der Waals surface area contributed by atoms with E-state index in [9.17, 15) is 9.90 Å². The summed E-state index contributed by atoms with van der Waals surface area (Å²) in [4.78, 5) is 21.9. The molecule has 2 aromatic rings. The van der Waals surface area contributed by atoms with Crippen LogP contribution in [0.2, 0.25) is 0 Å². The molecule has 34 heavy (non-hydrogen) atoms. The lowest BCUT2D eigenvalue weighted by Crippen LogP contribution is -2.53. The van der Waals surface area contributed by atoms with Crippen molar-refractivity contribution < 1.29 is 19.5 Å². The van der Waals surface area contributed by atoms with E-state index >= 15 is 0 Å². The van der Waals surface area contributed by atoms with Crippen molar-refractivity contribution in [3.05, 3.63) is 83.5 Å². The first-order valence-corrected chi connectivity index (χ1v) is 12.1. The molecule has 0 radical (unpaired) electrons. The van der Waals surface area contributed by atoms with Gasteiger partial charge in [-0.25, -0.2) is 0 Å². The van der Waals surface area contributed by atoms with Crippen LogP contribution in [-0.2, 0) is 4.84 Å². The number of allylic oxidation sites excluding steroid dienone is 4. The van der Waals surface area contributed by atoms with Gasteiger partial charge in [-0.3, -0.25) is 9.69 Å². The molecule has 1 saturated heterocycles. The standard InChI is InChI=1S/C28H30N2O4/c1-2-16-30-17-24(18-30)33-23-14-10-20(11-15-23)27(32)25-26(19-6-4-3-5-7-19)29-34-28(25)21-8-12-22(31)13-9-21/h4,6-15,24-25,28,31H,2-3,5,16-18H2,1H3/t25?,28-/m1/s1. The van der Waals surface area contributed by atoms with E-state index in [2.05, 4.69) is 29.1 Å². The first kappa shape index (κ1) is 22.4. The van der Waals surface area contributed by atoms with Crippen molar-refractivity contribution in [2.75, 3.05) is 19.6 Å². The van der Waals surface area contributed by atoms with Gasteiger partial charge in [0.05, 0.1) is 0 Å². The zero-order valence-corrected chi connectivity index (χ0v) is 19.4. The Kier molecular flexibility index (Phi) is 6.50. The zero-order chi connectivity index (χ0) is 23.5. The quantitative estimate of drug-likeness (QED) is 0.560. The van der Waals surface area contributed by atoms with Crippen LogP contribution in [0, 0.1) is 5.92 Å². The Balaban J connectivity index is 1.35. The summed E-state index contributed by atoms with van der Waals surface area (Å²) in [6.45, 7) is 5.19. The van der Waals surface area contributed by atoms with Crippen molar-refractivity contribution in [1.29, 1.82) is 0 Å². The maximum absolute atomic E-state index is 13.8. The van der Waals surface area contributed by atoms with Gasteiger partial charge in [-0.05, 0) is 73.3 Å². The Labute approximate surface area is 200 Å². The second-order valence-corrected chi connectivity index (χ2v) is 9.10. The Hall–Kier alpha value is -3.38. The summed E-state index contributed by atoms with van der Waals surface area (Å²) in [6, 6.07) is 14.2. The molecule has 0 spiro atoms. The third-order valence-corrected chi connectivity index (χ3v) is 6.56. The topological polar surface area (TPSA) is 71.4 Å². The highest BCUT2D eigenvalue weighted by Gasteiger charge is 2.42. The number of hydrogen-bond acceptors (Lipinski definition) is 6. The summed E-state index contributed by atoms with van der Waals surface area (Å²) in [6.07, 6.45) is 8.93. The fourth-order valence-electron chi connectivity index (χ4n) is 4.75. The zero-order valence-electron chi connectivity index (χ0n) is 19.4. The molecule has 176 valence electrons. The number of likely N-dealkylation sites (tertiary alicyclic amines) is 1. The normalized spacial score (nSPS) is 22.5. The minimum atomic E-state index is -0.570. The Morgan fingerprint density at radius 2 is 1.88 bits per heavy atom. The van der Waals surface area contributed by atoms with Crippen molar-refractivity contribution in [1.82, 2.24) is 4.90 Å². The highest BCUT2D eigenvalue weighted by molar-refractivity contribution is 6.20. The number of ketones is 1. The number of ether oxygens (including phenoxy) is 1. The number of rotatable bonds is 8. The molecule has 0 saturated carbocycles. The van der Waals surface area contributed by atoms with E-state index in [-0.39, 0.29) is 17.6 Å². The van der Waals surface area contributed by atoms with Gasteiger partial charge in [-0.15, -0.1) is 0 Å². The van der Waals surface area contributed by atoms with Gasteiger partial charge in [0.25, 0.3) is 0 Å². The van der Waals surface area contributed by atoms with E-state index in [1.54, 1.807) is 24.3 Å². The third kappa shape index (κ3) is 4.64. The number of aromatic hydroxyl groups is 1. The number of nitrogens with zero attached hydrogens (tertiary/aromatic N) is 2. The molecule has 5 rings (SSSR count). The second kappa shape index (κ2) is 9.85. The third-order valence-electron chi connectivity index (χ3n) is 6.56. The van der Waals surface area contributed by atoms with E-state index in [1.807, 2.05) is 30.3 Å². The molecule has 1 unspecified atom stereocenters. The van der Waals surface area contributed by atoms with Crippen LogP contribution in [0.25, 0.3) is 0 Å². The van der Waals surface area contributed by atoms with Crippen LogP contribution in [0.15, 0.2) is 77.5 Å². The molecule has 2 aliphatic heterocycles. The fourth-order valence-corrected chi connectivity index (χ4v) is 4.75. The molecule has 0 amide bonds. The van der Waals surface area contributed by atoms with Crippen LogP contribution >= 0.6 is 0 Å². The van der Waals surface area contributed by atoms with Crippen LogP contribution < -0.4 is 4.74 Å². The maximum atomic E-state index is 13.8. The lowest BCUT2D eigenvalue weighted by Gasteiger charge is -2.38. The molecular weight excluding hydrogens is 428 g/mol. The number of carbonyl (C=O) groups excluding carboxylic acids is 1. The number of hydrogen-bond donors (Lipinski definition) is 1. The molecule has 2 atom stereocenters. The Morgan fingerprint density at radius 3 is 2.56 bits per heavy atom. The molecule has 2 heterocycles. The minimum absolute atomic E-state index is 0.0430. The molecule has 6 heteroatoms. The predicted molar refractivity (Wildman–Crippen MR) is 131 cm³/mol. The van der Waals surface area contributed by atoms with Crippen molar-refractivity contribution >= 4 is 11.5 Å². The summed E-state index contributed by atoms with van der Waals surface area (Å²) < 4.78 is 6.06. The summed E-state index contributed by atoms with van der Waals surface area (Å²) in [5.41, 5.74) is 3.00. The maximum Gasteiger partial charge on any atom is 0.176 e. The molecule has 0 bridgehead atoms. The second-order valence-electron chi connectivity index (χ2n) is 9.10. The summed E-state index contributed by atoms with van der Waals surface area (Å²) in [5.74, 6) is 0.337. The lowest BCUT2D eigenvalue weighted by atomic mass is 9.82. The fraction of sp³-hybridized carbons (Fsp3) is 0.357. The van der Waals surface area contributed by atoms with Crippen molar-refractivity contribution in [3.63, 3.8) is 0 Å². The predicted octanol–water partition coefficient (Wildman–Crippen LogP) is 5.07. The number of phenolic OH excluding ortho intramolecular Hbond substituents is 1. The van der Waals surface area contributed by atoms with Gasteiger partial charge >= 0.3 is 0 Å². The Morgan fingerprint density at radius 1 is 1.12 bits per heavy atom. The van der Waals surface area contributed by atoms with Crippen LogP contribution in [0.5, 0.6) is 11.5 Å². The van der Waals surface area contributed by atoms with Crippen LogP contribution in [-0.4, -0.2) is 47.2 Å². The first-order valence-electron chi connectivity index (χ1n) is 12.1. The molecule has 6 nitrogen and oxygen atoms in total. The van der Waals surface area contributed by atoms with Gasteiger partial charge in [0.15, 0.2) is 11.9 Å². The molecule has 1 fully saturated rings. The van der Waals surface area contributed by atoms with Crippen molar-refractivity contribution in [2.24, 2.45) is 11.1 Å². The molecule has 1 aliphatic carbocycles. The van der Waals surface area contributed by atoms with Gasteiger partial charge in [0, 0.05) is 18.7 Å². The van der Waals surface area contributed by atoms with E-state index in [0.29, 0.717) is 11.3 Å².